The van der Waals surface area contributed by atoms with Gasteiger partial charge in [-0.1, -0.05) is 0 Å². The molecular weight excluding hydrogens is 198 g/mol. The van der Waals surface area contributed by atoms with E-state index in [2.05, 4.69) is 12.6 Å². The largest absolute Gasteiger partial charge is 0.501 e. The highest BCUT2D eigenvalue weighted by Crippen LogP contribution is 2.37. The monoisotopic (exact) mass is 207 g/mol. The fourth-order valence-electron chi connectivity index (χ4n) is 1.54. The summed E-state index contributed by atoms with van der Waals surface area (Å²) in [5.74, 6) is -7.98. The molecule has 7 heteroatoms. The zero-order valence-corrected chi connectivity index (χ0v) is 7.60. The molecule has 79 valence electrons. The van der Waals surface area contributed by atoms with Crippen LogP contribution in [-0.2, 0) is 9.53 Å². The molecule has 1 aliphatic rings. The van der Waals surface area contributed by atoms with Crippen LogP contribution in [0.4, 0.5) is 13.2 Å². The molecule has 0 saturated carbocycles. The van der Waals surface area contributed by atoms with Crippen molar-refractivity contribution in [1.29, 1.82) is 0 Å². The van der Waals surface area contributed by atoms with Gasteiger partial charge in [0.15, 0.2) is 0 Å². The average Bonchev–Trinajstić information content (AvgIpc) is 2.46. The quantitative estimate of drug-likeness (QED) is 0.378. The third-order valence-electron chi connectivity index (χ3n) is 2.18. The number of carbonyl (C=O) groups excluding carboxylic acids is 1. The Morgan fingerprint density at radius 3 is 2.64 bits per heavy atom. The Labute approximate surface area is 80.6 Å². The Hall–Kier alpha value is -0.715. The van der Waals surface area contributed by atoms with Gasteiger partial charge in [0.25, 0.3) is 5.79 Å². The maximum absolute atomic E-state index is 13.8. The molecule has 14 heavy (non-hydrogen) atoms. The van der Waals surface area contributed by atoms with E-state index >= 15 is 0 Å². The van der Waals surface area contributed by atoms with Crippen molar-refractivity contribution in [2.75, 3.05) is 13.7 Å². The first-order valence-corrected chi connectivity index (χ1v) is 4.04. The number of likely N-dealkylation sites (tertiary alicyclic amines) is 1. The van der Waals surface area contributed by atoms with E-state index in [9.17, 15) is 18.0 Å². The van der Waals surface area contributed by atoms with Crippen LogP contribution in [0.2, 0.25) is 0 Å². The Bertz CT molecular complexity index is 246. The third-order valence-corrected chi connectivity index (χ3v) is 2.18. The van der Waals surface area contributed by atoms with Crippen molar-refractivity contribution in [2.24, 2.45) is 0 Å². The maximum atomic E-state index is 13.8. The summed E-state index contributed by atoms with van der Waals surface area (Å²) in [6.07, 6.45) is -0.190. The second kappa shape index (κ2) is 3.45. The van der Waals surface area contributed by atoms with Crippen LogP contribution in [0.3, 0.4) is 0 Å². The summed E-state index contributed by atoms with van der Waals surface area (Å²) in [5, 5.41) is 0. The van der Waals surface area contributed by atoms with Crippen molar-refractivity contribution >= 4 is 13.8 Å². The molecule has 3 nitrogen and oxygen atoms in total. The van der Waals surface area contributed by atoms with Crippen molar-refractivity contribution in [3.63, 3.8) is 0 Å². The standard InChI is InChI=1S/C7H9BF3NO2/c1-14-5(13)6(9)3-2-4-12(6)7(8,10)11/h2-4H2,1H3/q-1/t6-/m1/s1. The van der Waals surface area contributed by atoms with E-state index in [0.717, 1.165) is 7.11 Å². The highest BCUT2D eigenvalue weighted by atomic mass is 19.3. The molecule has 0 aliphatic carbocycles. The number of esters is 1. The molecule has 0 bridgehead atoms. The maximum Gasteiger partial charge on any atom is 0.359 e. The van der Waals surface area contributed by atoms with Gasteiger partial charge in [-0.25, -0.2) is 22.9 Å². The van der Waals surface area contributed by atoms with Crippen molar-refractivity contribution in [3.05, 3.63) is 0 Å². The molecule has 1 rings (SSSR count). The summed E-state index contributed by atoms with van der Waals surface area (Å²) in [5.41, 5.74) is 0. The minimum atomic E-state index is -3.85. The average molecular weight is 207 g/mol. The van der Waals surface area contributed by atoms with Gasteiger partial charge in [-0.2, -0.15) is 0 Å². The van der Waals surface area contributed by atoms with E-state index in [4.69, 9.17) is 0 Å². The molecule has 0 amide bonds. The smallest absolute Gasteiger partial charge is 0.359 e. The molecular formula is C7H9BF3NO2-. The highest BCUT2D eigenvalue weighted by molar-refractivity contribution is 6.13. The number of rotatable bonds is 2. The second-order valence-electron chi connectivity index (χ2n) is 3.09. The van der Waals surface area contributed by atoms with Crippen LogP contribution < -0.4 is 0 Å². The number of alkyl halides is 3. The molecule has 0 aromatic heterocycles. The Morgan fingerprint density at radius 1 is 1.64 bits per heavy atom. The number of carbonyl (C=O) groups is 1. The van der Waals surface area contributed by atoms with Gasteiger partial charge >= 0.3 is 5.97 Å². The van der Waals surface area contributed by atoms with Crippen LogP contribution in [0, 0.1) is 0 Å². The number of hydrogen-bond donors (Lipinski definition) is 0. The SMILES string of the molecule is [B-]C(F)(F)N1CCC[C@]1(F)C(=O)OC. The van der Waals surface area contributed by atoms with Gasteiger partial charge in [0.2, 0.25) is 0 Å². The predicted octanol–water partition coefficient (Wildman–Crippen LogP) is 0.640. The van der Waals surface area contributed by atoms with E-state index in [1.165, 1.54) is 0 Å². The first-order chi connectivity index (χ1) is 6.32. The molecule has 0 unspecified atom stereocenters. The van der Waals surface area contributed by atoms with Crippen LogP contribution in [0.1, 0.15) is 12.8 Å². The lowest BCUT2D eigenvalue weighted by atomic mass is 10.0. The van der Waals surface area contributed by atoms with Crippen LogP contribution in [-0.4, -0.2) is 44.1 Å². The topological polar surface area (TPSA) is 29.5 Å². The molecule has 1 aliphatic heterocycles. The number of methoxy groups -OCH3 is 1. The minimum Gasteiger partial charge on any atom is -0.501 e. The highest BCUT2D eigenvalue weighted by Gasteiger charge is 2.52. The summed E-state index contributed by atoms with van der Waals surface area (Å²) in [6, 6.07) is 0. The van der Waals surface area contributed by atoms with Crippen LogP contribution >= 0.6 is 0 Å². The Balaban J connectivity index is 2.92. The van der Waals surface area contributed by atoms with Crippen molar-refractivity contribution in [1.82, 2.24) is 4.90 Å². The lowest BCUT2D eigenvalue weighted by Crippen LogP contribution is -2.55. The van der Waals surface area contributed by atoms with Crippen LogP contribution in [0.25, 0.3) is 0 Å². The number of nitrogens with zero attached hydrogens (tertiary/aromatic N) is 1. The van der Waals surface area contributed by atoms with E-state index in [0.29, 0.717) is 0 Å². The molecule has 0 N–H and O–H groups in total. The molecule has 1 saturated heterocycles. The van der Waals surface area contributed by atoms with E-state index in [1.54, 1.807) is 0 Å². The first-order valence-electron chi connectivity index (χ1n) is 4.04. The summed E-state index contributed by atoms with van der Waals surface area (Å²) in [7, 11) is 5.39. The van der Waals surface area contributed by atoms with E-state index < -0.39 is 17.7 Å². The minimum absolute atomic E-state index is 0.0197. The fraction of sp³-hybridized carbons (Fsp3) is 0.857. The Morgan fingerprint density at radius 2 is 2.21 bits per heavy atom. The molecule has 1 heterocycles. The van der Waals surface area contributed by atoms with E-state index in [-0.39, 0.29) is 24.3 Å². The van der Waals surface area contributed by atoms with Crippen molar-refractivity contribution < 1.29 is 22.7 Å². The fourth-order valence-corrected chi connectivity index (χ4v) is 1.54. The lowest BCUT2D eigenvalue weighted by molar-refractivity contribution is -0.193. The van der Waals surface area contributed by atoms with E-state index in [1.807, 2.05) is 0 Å². The van der Waals surface area contributed by atoms with Gasteiger partial charge in [0.1, 0.15) is 0 Å². The summed E-state index contributed by atoms with van der Waals surface area (Å²) in [6.45, 7) is -0.269. The predicted molar refractivity (Wildman–Crippen MR) is 42.5 cm³/mol. The first kappa shape index (κ1) is 11.4. The Kier molecular flexibility index (Phi) is 2.80. The molecule has 0 aromatic carbocycles. The number of halogens is 3. The molecule has 1 fully saturated rings. The van der Waals surface area contributed by atoms with Crippen LogP contribution in [0.5, 0.6) is 0 Å². The van der Waals surface area contributed by atoms with Crippen molar-refractivity contribution in [2.45, 2.75) is 24.6 Å². The second-order valence-corrected chi connectivity index (χ2v) is 3.09. The van der Waals surface area contributed by atoms with Gasteiger partial charge in [-0.3, -0.25) is 0 Å². The summed E-state index contributed by atoms with van der Waals surface area (Å²) >= 11 is 0. The summed E-state index contributed by atoms with van der Waals surface area (Å²) < 4.78 is 43.2. The number of ether oxygens (including phenoxy) is 1. The molecule has 0 spiro atoms. The van der Waals surface area contributed by atoms with Gasteiger partial charge in [-0.15, -0.1) is 0 Å². The van der Waals surface area contributed by atoms with Gasteiger partial charge < -0.3 is 12.6 Å². The zero-order chi connectivity index (χ0) is 11.0. The normalized spacial score (nSPS) is 29.2. The number of hydrogen-bond acceptors (Lipinski definition) is 3. The van der Waals surface area contributed by atoms with Crippen molar-refractivity contribution in [3.8, 4) is 0 Å². The molecule has 0 aromatic rings. The molecule has 1 atom stereocenters. The van der Waals surface area contributed by atoms with Crippen LogP contribution in [0.15, 0.2) is 0 Å². The van der Waals surface area contributed by atoms with Gasteiger partial charge in [0.05, 0.1) is 13.1 Å². The summed E-state index contributed by atoms with van der Waals surface area (Å²) in [4.78, 5) is 11.0. The third kappa shape index (κ3) is 1.73. The lowest BCUT2D eigenvalue weighted by Gasteiger charge is -2.41. The van der Waals surface area contributed by atoms with Gasteiger partial charge in [0, 0.05) is 13.0 Å². The zero-order valence-electron chi connectivity index (χ0n) is 7.60. The van der Waals surface area contributed by atoms with Gasteiger partial charge in [-0.05, 0) is 6.42 Å². The molecule has 3 radical (unpaired) electrons.